The van der Waals surface area contributed by atoms with Gasteiger partial charge in [0.15, 0.2) is 11.5 Å². The molecule has 0 aliphatic carbocycles. The van der Waals surface area contributed by atoms with Crippen LogP contribution in [0.3, 0.4) is 0 Å². The number of ether oxygens (including phenoxy) is 2. The number of rotatable bonds is 9. The number of hydrogen-bond donors (Lipinski definition) is 2. The minimum atomic E-state index is -0.579. The summed E-state index contributed by atoms with van der Waals surface area (Å²) in [6.45, 7) is 7.93. The summed E-state index contributed by atoms with van der Waals surface area (Å²) in [4.78, 5) is 24.4. The van der Waals surface area contributed by atoms with Crippen molar-refractivity contribution in [1.29, 1.82) is 0 Å². The molecular formula is C18H26N2O4. The number of likely N-dealkylation sites (N-methyl/N-ethyl adjacent to an activating group) is 1. The first-order valence-corrected chi connectivity index (χ1v) is 7.87. The van der Waals surface area contributed by atoms with E-state index in [2.05, 4.69) is 17.2 Å². The summed E-state index contributed by atoms with van der Waals surface area (Å²) < 4.78 is 10.7. The number of methoxy groups -OCH3 is 1. The molecule has 2 amide bonds. The molecule has 0 spiro atoms. The molecule has 0 aliphatic heterocycles. The predicted octanol–water partition coefficient (Wildman–Crippen LogP) is 2.15. The van der Waals surface area contributed by atoms with E-state index in [0.29, 0.717) is 30.1 Å². The SMILES string of the molecule is C=CCOc1ccc(C(=O)NC(CC(C)C)C(=O)NC)cc1OC. The lowest BCUT2D eigenvalue weighted by atomic mass is 10.0. The zero-order valence-corrected chi connectivity index (χ0v) is 14.7. The Kier molecular flexibility index (Phi) is 7.82. The maximum Gasteiger partial charge on any atom is 0.252 e. The Morgan fingerprint density at radius 1 is 1.29 bits per heavy atom. The highest BCUT2D eigenvalue weighted by Gasteiger charge is 2.22. The Morgan fingerprint density at radius 3 is 2.54 bits per heavy atom. The third-order valence-electron chi connectivity index (χ3n) is 3.36. The molecule has 0 aromatic heterocycles. The molecule has 1 atom stereocenters. The van der Waals surface area contributed by atoms with Gasteiger partial charge >= 0.3 is 0 Å². The van der Waals surface area contributed by atoms with Crippen LogP contribution in [0.4, 0.5) is 0 Å². The van der Waals surface area contributed by atoms with Gasteiger partial charge < -0.3 is 20.1 Å². The number of carbonyl (C=O) groups excluding carboxylic acids is 2. The number of hydrogen-bond acceptors (Lipinski definition) is 4. The molecule has 0 heterocycles. The number of carbonyl (C=O) groups is 2. The zero-order valence-electron chi connectivity index (χ0n) is 14.7. The molecule has 1 unspecified atom stereocenters. The summed E-state index contributed by atoms with van der Waals surface area (Å²) in [6, 6.07) is 4.30. The largest absolute Gasteiger partial charge is 0.493 e. The van der Waals surface area contributed by atoms with Crippen molar-refractivity contribution in [2.75, 3.05) is 20.8 Å². The molecule has 0 aliphatic rings. The Hall–Kier alpha value is -2.50. The Bertz CT molecular complexity index is 584. The number of nitrogens with one attached hydrogen (secondary N) is 2. The van der Waals surface area contributed by atoms with Gasteiger partial charge in [0.2, 0.25) is 5.91 Å². The van der Waals surface area contributed by atoms with Crippen LogP contribution in [-0.2, 0) is 4.79 Å². The van der Waals surface area contributed by atoms with E-state index < -0.39 is 6.04 Å². The Morgan fingerprint density at radius 2 is 2.00 bits per heavy atom. The summed E-state index contributed by atoms with van der Waals surface area (Å²) in [5, 5.41) is 5.34. The van der Waals surface area contributed by atoms with Crippen molar-refractivity contribution in [2.45, 2.75) is 26.3 Å². The molecule has 1 aromatic rings. The van der Waals surface area contributed by atoms with E-state index in [1.807, 2.05) is 13.8 Å². The van der Waals surface area contributed by atoms with E-state index in [-0.39, 0.29) is 17.7 Å². The first-order valence-electron chi connectivity index (χ1n) is 7.87. The highest BCUT2D eigenvalue weighted by molar-refractivity contribution is 5.98. The number of amides is 2. The van der Waals surface area contributed by atoms with E-state index in [1.54, 1.807) is 31.3 Å². The van der Waals surface area contributed by atoms with Crippen LogP contribution in [0, 0.1) is 5.92 Å². The van der Waals surface area contributed by atoms with E-state index >= 15 is 0 Å². The Labute approximate surface area is 143 Å². The van der Waals surface area contributed by atoms with Gasteiger partial charge in [-0.05, 0) is 30.5 Å². The molecule has 6 heteroatoms. The smallest absolute Gasteiger partial charge is 0.252 e. The summed E-state index contributed by atoms with van der Waals surface area (Å²) in [5.41, 5.74) is 0.399. The van der Waals surface area contributed by atoms with Gasteiger partial charge in [-0.25, -0.2) is 0 Å². The first kappa shape index (κ1) is 19.5. The van der Waals surface area contributed by atoms with Gasteiger partial charge in [0.25, 0.3) is 5.91 Å². The molecule has 0 radical (unpaired) electrons. The summed E-state index contributed by atoms with van der Waals surface area (Å²) in [6.07, 6.45) is 2.18. The quantitative estimate of drug-likeness (QED) is 0.679. The molecule has 6 nitrogen and oxygen atoms in total. The molecular weight excluding hydrogens is 308 g/mol. The molecule has 0 bridgehead atoms. The van der Waals surface area contributed by atoms with Crippen molar-refractivity contribution in [2.24, 2.45) is 5.92 Å². The second-order valence-electron chi connectivity index (χ2n) is 5.74. The maximum absolute atomic E-state index is 12.4. The fraction of sp³-hybridized carbons (Fsp3) is 0.444. The van der Waals surface area contributed by atoms with Crippen LogP contribution < -0.4 is 20.1 Å². The van der Waals surface area contributed by atoms with Crippen molar-refractivity contribution in [3.63, 3.8) is 0 Å². The highest BCUT2D eigenvalue weighted by atomic mass is 16.5. The van der Waals surface area contributed by atoms with Crippen LogP contribution in [-0.4, -0.2) is 38.6 Å². The summed E-state index contributed by atoms with van der Waals surface area (Å²) >= 11 is 0. The molecule has 0 saturated heterocycles. The minimum Gasteiger partial charge on any atom is -0.493 e. The van der Waals surface area contributed by atoms with Gasteiger partial charge in [-0.3, -0.25) is 9.59 Å². The predicted molar refractivity (Wildman–Crippen MR) is 93.5 cm³/mol. The summed E-state index contributed by atoms with van der Waals surface area (Å²) in [5.74, 6) is 0.702. The fourth-order valence-electron chi connectivity index (χ4n) is 2.20. The second kappa shape index (κ2) is 9.60. The van der Waals surface area contributed by atoms with Gasteiger partial charge in [-0.15, -0.1) is 0 Å². The molecule has 132 valence electrons. The van der Waals surface area contributed by atoms with Crippen molar-refractivity contribution >= 4 is 11.8 Å². The lowest BCUT2D eigenvalue weighted by Crippen LogP contribution is -2.46. The van der Waals surface area contributed by atoms with E-state index in [0.717, 1.165) is 0 Å². The lowest BCUT2D eigenvalue weighted by molar-refractivity contribution is -0.122. The topological polar surface area (TPSA) is 76.7 Å². The van der Waals surface area contributed by atoms with Gasteiger partial charge in [-0.1, -0.05) is 26.5 Å². The maximum atomic E-state index is 12.4. The van der Waals surface area contributed by atoms with Gasteiger partial charge in [-0.2, -0.15) is 0 Å². The van der Waals surface area contributed by atoms with E-state index in [4.69, 9.17) is 9.47 Å². The molecule has 24 heavy (non-hydrogen) atoms. The molecule has 0 fully saturated rings. The molecule has 1 aromatic carbocycles. The van der Waals surface area contributed by atoms with Crippen molar-refractivity contribution in [3.8, 4) is 11.5 Å². The van der Waals surface area contributed by atoms with Crippen LogP contribution in [0.1, 0.15) is 30.6 Å². The van der Waals surface area contributed by atoms with Crippen LogP contribution in [0.15, 0.2) is 30.9 Å². The van der Waals surface area contributed by atoms with Crippen LogP contribution in [0.2, 0.25) is 0 Å². The minimum absolute atomic E-state index is 0.213. The van der Waals surface area contributed by atoms with Gasteiger partial charge in [0, 0.05) is 12.6 Å². The third-order valence-corrected chi connectivity index (χ3v) is 3.36. The Balaban J connectivity index is 2.92. The third kappa shape index (κ3) is 5.61. The first-order chi connectivity index (χ1) is 11.4. The lowest BCUT2D eigenvalue weighted by Gasteiger charge is -2.19. The van der Waals surface area contributed by atoms with E-state index in [9.17, 15) is 9.59 Å². The second-order valence-corrected chi connectivity index (χ2v) is 5.74. The average Bonchev–Trinajstić information content (AvgIpc) is 2.57. The molecule has 2 N–H and O–H groups in total. The highest BCUT2D eigenvalue weighted by Crippen LogP contribution is 2.28. The van der Waals surface area contributed by atoms with Crippen LogP contribution >= 0.6 is 0 Å². The summed E-state index contributed by atoms with van der Waals surface area (Å²) in [7, 11) is 3.06. The van der Waals surface area contributed by atoms with Gasteiger partial charge in [0.1, 0.15) is 12.6 Å². The zero-order chi connectivity index (χ0) is 18.1. The molecule has 1 rings (SSSR count). The van der Waals surface area contributed by atoms with Gasteiger partial charge in [0.05, 0.1) is 7.11 Å². The average molecular weight is 334 g/mol. The fourth-order valence-corrected chi connectivity index (χ4v) is 2.20. The van der Waals surface area contributed by atoms with Crippen molar-refractivity contribution in [1.82, 2.24) is 10.6 Å². The normalized spacial score (nSPS) is 11.5. The number of benzene rings is 1. The van der Waals surface area contributed by atoms with Crippen molar-refractivity contribution < 1.29 is 19.1 Å². The van der Waals surface area contributed by atoms with Crippen molar-refractivity contribution in [3.05, 3.63) is 36.4 Å². The monoisotopic (exact) mass is 334 g/mol. The van der Waals surface area contributed by atoms with Crippen LogP contribution in [0.5, 0.6) is 11.5 Å². The van der Waals surface area contributed by atoms with E-state index in [1.165, 1.54) is 7.11 Å². The van der Waals surface area contributed by atoms with Crippen LogP contribution in [0.25, 0.3) is 0 Å². The molecule has 0 saturated carbocycles. The standard InChI is InChI=1S/C18H26N2O4/c1-6-9-24-15-8-7-13(11-16(15)23-5)17(21)20-14(10-12(2)3)18(22)19-4/h6-8,11-12,14H,1,9-10H2,2-5H3,(H,19,22)(H,20,21).